The zero-order valence-corrected chi connectivity index (χ0v) is 10.2. The molecule has 3 rings (SSSR count). The van der Waals surface area contributed by atoms with E-state index in [0.29, 0.717) is 26.2 Å². The van der Waals surface area contributed by atoms with Crippen molar-refractivity contribution in [3.63, 3.8) is 0 Å². The molecular weight excluding hydrogens is 236 g/mol. The van der Waals surface area contributed by atoms with E-state index < -0.39 is 5.97 Å². The van der Waals surface area contributed by atoms with E-state index in [4.69, 9.17) is 9.84 Å². The fourth-order valence-corrected chi connectivity index (χ4v) is 3.14. The molecule has 100 valence electrons. The van der Waals surface area contributed by atoms with Crippen LogP contribution in [-0.2, 0) is 9.53 Å². The lowest BCUT2D eigenvalue weighted by Gasteiger charge is -2.44. The normalized spacial score (nSPS) is 32.0. The Labute approximate surface area is 105 Å². The van der Waals surface area contributed by atoms with Gasteiger partial charge in [-0.25, -0.2) is 4.79 Å². The first-order chi connectivity index (χ1) is 8.66. The highest BCUT2D eigenvalue weighted by molar-refractivity contribution is 5.80. The van der Waals surface area contributed by atoms with Gasteiger partial charge in [0.15, 0.2) is 0 Å². The van der Waals surface area contributed by atoms with E-state index >= 15 is 0 Å². The number of carboxylic acids is 1. The second-order valence-corrected chi connectivity index (χ2v) is 5.32. The summed E-state index contributed by atoms with van der Waals surface area (Å²) >= 11 is 0. The van der Waals surface area contributed by atoms with Gasteiger partial charge in [-0.15, -0.1) is 0 Å². The van der Waals surface area contributed by atoms with Gasteiger partial charge in [-0.2, -0.15) is 0 Å². The van der Waals surface area contributed by atoms with Gasteiger partial charge in [0, 0.05) is 19.6 Å². The topological polar surface area (TPSA) is 70.1 Å². The zero-order valence-electron chi connectivity index (χ0n) is 10.2. The van der Waals surface area contributed by atoms with Gasteiger partial charge in [-0.05, 0) is 19.3 Å². The minimum atomic E-state index is -0.806. The molecule has 1 saturated carbocycles. The molecular formula is C12H18N2O4. The SMILES string of the molecule is O=C(O)C1CN(C(=O)N2CCOC3CCCC32)C1. The molecule has 2 aliphatic heterocycles. The summed E-state index contributed by atoms with van der Waals surface area (Å²) in [7, 11) is 0. The predicted octanol–water partition coefficient (Wildman–Crippen LogP) is 0.376. The fraction of sp³-hybridized carbons (Fsp3) is 0.833. The van der Waals surface area contributed by atoms with Crippen LogP contribution in [0.4, 0.5) is 4.79 Å². The van der Waals surface area contributed by atoms with E-state index in [0.717, 1.165) is 19.3 Å². The Balaban J connectivity index is 1.61. The summed E-state index contributed by atoms with van der Waals surface area (Å²) < 4.78 is 5.67. The van der Waals surface area contributed by atoms with E-state index in [9.17, 15) is 9.59 Å². The van der Waals surface area contributed by atoms with E-state index in [1.54, 1.807) is 4.90 Å². The summed E-state index contributed by atoms with van der Waals surface area (Å²) in [4.78, 5) is 26.6. The molecule has 6 nitrogen and oxygen atoms in total. The average Bonchev–Trinajstić information content (AvgIpc) is 2.73. The Morgan fingerprint density at radius 3 is 2.72 bits per heavy atom. The first-order valence-electron chi connectivity index (χ1n) is 6.57. The van der Waals surface area contributed by atoms with Gasteiger partial charge in [0.2, 0.25) is 0 Å². The lowest BCUT2D eigenvalue weighted by atomic mass is 10.0. The number of urea groups is 1. The van der Waals surface area contributed by atoms with Crippen molar-refractivity contribution >= 4 is 12.0 Å². The smallest absolute Gasteiger partial charge is 0.320 e. The van der Waals surface area contributed by atoms with Crippen LogP contribution in [0.25, 0.3) is 0 Å². The van der Waals surface area contributed by atoms with Crippen molar-refractivity contribution < 1.29 is 19.4 Å². The van der Waals surface area contributed by atoms with Crippen molar-refractivity contribution in [1.82, 2.24) is 9.80 Å². The van der Waals surface area contributed by atoms with Crippen molar-refractivity contribution in [2.45, 2.75) is 31.4 Å². The summed E-state index contributed by atoms with van der Waals surface area (Å²) in [5.41, 5.74) is 0. The number of fused-ring (bicyclic) bond motifs is 1. The van der Waals surface area contributed by atoms with Crippen LogP contribution >= 0.6 is 0 Å². The monoisotopic (exact) mass is 254 g/mol. The third kappa shape index (κ3) is 1.84. The number of morpholine rings is 1. The number of likely N-dealkylation sites (tertiary alicyclic amines) is 1. The third-order valence-corrected chi connectivity index (χ3v) is 4.23. The summed E-state index contributed by atoms with van der Waals surface area (Å²) in [6.45, 7) is 1.93. The van der Waals surface area contributed by atoms with Crippen LogP contribution < -0.4 is 0 Å². The maximum atomic E-state index is 12.3. The van der Waals surface area contributed by atoms with Gasteiger partial charge in [0.1, 0.15) is 0 Å². The number of aliphatic carboxylic acids is 1. The quantitative estimate of drug-likeness (QED) is 0.734. The highest BCUT2D eigenvalue weighted by atomic mass is 16.5. The number of carbonyl (C=O) groups is 2. The number of ether oxygens (including phenoxy) is 1. The molecule has 0 spiro atoms. The number of hydrogen-bond donors (Lipinski definition) is 1. The molecule has 2 saturated heterocycles. The molecule has 2 unspecified atom stereocenters. The van der Waals surface area contributed by atoms with E-state index in [1.807, 2.05) is 4.90 Å². The Hall–Kier alpha value is -1.30. The van der Waals surface area contributed by atoms with Crippen molar-refractivity contribution in [3.05, 3.63) is 0 Å². The molecule has 1 N–H and O–H groups in total. The molecule has 1 aliphatic carbocycles. The Morgan fingerprint density at radius 1 is 1.22 bits per heavy atom. The van der Waals surface area contributed by atoms with Gasteiger partial charge >= 0.3 is 12.0 Å². The zero-order chi connectivity index (χ0) is 12.7. The van der Waals surface area contributed by atoms with Crippen molar-refractivity contribution in [2.75, 3.05) is 26.2 Å². The van der Waals surface area contributed by atoms with Crippen LogP contribution in [0.2, 0.25) is 0 Å². The summed E-state index contributed by atoms with van der Waals surface area (Å²) in [6, 6.07) is 0.197. The van der Waals surface area contributed by atoms with Crippen LogP contribution in [0.5, 0.6) is 0 Å². The van der Waals surface area contributed by atoms with Crippen LogP contribution in [0.15, 0.2) is 0 Å². The largest absolute Gasteiger partial charge is 0.481 e. The van der Waals surface area contributed by atoms with Crippen LogP contribution in [-0.4, -0.2) is 65.3 Å². The van der Waals surface area contributed by atoms with Crippen LogP contribution in [0, 0.1) is 5.92 Å². The van der Waals surface area contributed by atoms with Crippen molar-refractivity contribution in [3.8, 4) is 0 Å². The summed E-state index contributed by atoms with van der Waals surface area (Å²) in [6.07, 6.45) is 3.34. The second-order valence-electron chi connectivity index (χ2n) is 5.32. The summed E-state index contributed by atoms with van der Waals surface area (Å²) in [5.74, 6) is -1.19. The van der Waals surface area contributed by atoms with Gasteiger partial charge < -0.3 is 19.6 Å². The number of nitrogens with zero attached hydrogens (tertiary/aromatic N) is 2. The minimum Gasteiger partial charge on any atom is -0.481 e. The number of hydrogen-bond acceptors (Lipinski definition) is 3. The molecule has 0 aromatic heterocycles. The highest BCUT2D eigenvalue weighted by Gasteiger charge is 2.43. The third-order valence-electron chi connectivity index (χ3n) is 4.23. The molecule has 2 amide bonds. The van der Waals surface area contributed by atoms with Gasteiger partial charge in [-0.1, -0.05) is 0 Å². The Kier molecular flexibility index (Phi) is 2.89. The van der Waals surface area contributed by atoms with E-state index in [-0.39, 0.29) is 24.1 Å². The number of amides is 2. The molecule has 2 heterocycles. The Bertz CT molecular complexity index is 367. The molecule has 0 aromatic rings. The van der Waals surface area contributed by atoms with Crippen molar-refractivity contribution in [2.24, 2.45) is 5.92 Å². The number of carboxylic acid groups (broad SMARTS) is 1. The second kappa shape index (κ2) is 4.42. The molecule has 3 fully saturated rings. The molecule has 6 heteroatoms. The molecule has 0 aromatic carbocycles. The maximum absolute atomic E-state index is 12.3. The lowest BCUT2D eigenvalue weighted by Crippen LogP contribution is -2.61. The van der Waals surface area contributed by atoms with Crippen LogP contribution in [0.1, 0.15) is 19.3 Å². The maximum Gasteiger partial charge on any atom is 0.320 e. The standard InChI is InChI=1S/C12H18N2O4/c15-11(16)8-6-13(7-8)12(17)14-4-5-18-10-3-1-2-9(10)14/h8-10H,1-7H2,(H,15,16). The van der Waals surface area contributed by atoms with Crippen LogP contribution in [0.3, 0.4) is 0 Å². The lowest BCUT2D eigenvalue weighted by molar-refractivity contribution is -0.146. The van der Waals surface area contributed by atoms with Gasteiger partial charge in [0.05, 0.1) is 24.7 Å². The first kappa shape index (κ1) is 11.8. The van der Waals surface area contributed by atoms with Crippen molar-refractivity contribution in [1.29, 1.82) is 0 Å². The highest BCUT2D eigenvalue weighted by Crippen LogP contribution is 2.31. The number of rotatable bonds is 1. The summed E-state index contributed by atoms with van der Waals surface area (Å²) in [5, 5.41) is 8.82. The molecule has 0 bridgehead atoms. The minimum absolute atomic E-state index is 0.00676. The van der Waals surface area contributed by atoms with E-state index in [1.165, 1.54) is 0 Å². The average molecular weight is 254 g/mol. The number of carbonyl (C=O) groups excluding carboxylic acids is 1. The first-order valence-corrected chi connectivity index (χ1v) is 6.57. The molecule has 3 aliphatic rings. The van der Waals surface area contributed by atoms with Gasteiger partial charge in [0.25, 0.3) is 0 Å². The van der Waals surface area contributed by atoms with Gasteiger partial charge in [-0.3, -0.25) is 4.79 Å². The molecule has 18 heavy (non-hydrogen) atoms. The molecule has 0 radical (unpaired) electrons. The Morgan fingerprint density at radius 2 is 2.00 bits per heavy atom. The fourth-order valence-electron chi connectivity index (χ4n) is 3.14. The van der Waals surface area contributed by atoms with E-state index in [2.05, 4.69) is 0 Å². The molecule has 2 atom stereocenters. The predicted molar refractivity (Wildman–Crippen MR) is 62.2 cm³/mol.